The van der Waals surface area contributed by atoms with Crippen molar-refractivity contribution in [2.45, 2.75) is 45.3 Å². The van der Waals surface area contributed by atoms with Gasteiger partial charge in [0.2, 0.25) is 0 Å². The van der Waals surface area contributed by atoms with Crippen molar-refractivity contribution in [3.8, 4) is 0 Å². The summed E-state index contributed by atoms with van der Waals surface area (Å²) in [5.74, 6) is 0.657. The van der Waals surface area contributed by atoms with Gasteiger partial charge in [0, 0.05) is 23.7 Å². The zero-order chi connectivity index (χ0) is 13.8. The second kappa shape index (κ2) is 6.74. The molecular weight excluding hydrogens is 256 g/mol. The lowest BCUT2D eigenvalue weighted by Crippen LogP contribution is -2.39. The Kier molecular flexibility index (Phi) is 5.26. The molecule has 0 saturated heterocycles. The molecule has 0 aliphatic heterocycles. The van der Waals surface area contributed by atoms with Crippen LogP contribution in [0.4, 0.5) is 0 Å². The number of benzene rings is 1. The maximum absolute atomic E-state index is 6.03. The Labute approximate surface area is 122 Å². The van der Waals surface area contributed by atoms with Crippen LogP contribution in [0.3, 0.4) is 0 Å². The first-order chi connectivity index (χ1) is 9.06. The molecule has 0 radical (unpaired) electrons. The van der Waals surface area contributed by atoms with Crippen LogP contribution in [-0.2, 0) is 6.54 Å². The minimum absolute atomic E-state index is 0.560. The summed E-state index contributed by atoms with van der Waals surface area (Å²) in [6.45, 7) is 6.71. The Morgan fingerprint density at radius 1 is 1.37 bits per heavy atom. The third-order valence-corrected chi connectivity index (χ3v) is 4.38. The number of nitrogens with one attached hydrogen (secondary N) is 1. The van der Waals surface area contributed by atoms with Crippen LogP contribution >= 0.6 is 11.6 Å². The predicted molar refractivity (Wildman–Crippen MR) is 82.6 cm³/mol. The van der Waals surface area contributed by atoms with E-state index in [1.54, 1.807) is 0 Å². The van der Waals surface area contributed by atoms with Gasteiger partial charge in [0.05, 0.1) is 0 Å². The lowest BCUT2D eigenvalue weighted by atomic mass is 10.0. The second-order valence-corrected chi connectivity index (χ2v) is 6.38. The molecule has 2 atom stereocenters. The lowest BCUT2D eigenvalue weighted by molar-refractivity contribution is 0.188. The van der Waals surface area contributed by atoms with Crippen molar-refractivity contribution in [3.63, 3.8) is 0 Å². The van der Waals surface area contributed by atoms with Crippen LogP contribution in [0.1, 0.15) is 32.3 Å². The molecule has 1 aromatic carbocycles. The van der Waals surface area contributed by atoms with Gasteiger partial charge in [-0.15, -0.1) is 0 Å². The smallest absolute Gasteiger partial charge is 0.0409 e. The van der Waals surface area contributed by atoms with Crippen LogP contribution in [0, 0.1) is 5.92 Å². The zero-order valence-electron chi connectivity index (χ0n) is 12.2. The monoisotopic (exact) mass is 280 g/mol. The number of hydrogen-bond acceptors (Lipinski definition) is 2. The first-order valence-corrected chi connectivity index (χ1v) is 7.62. The summed E-state index contributed by atoms with van der Waals surface area (Å²) in [7, 11) is 2.19. The van der Waals surface area contributed by atoms with Gasteiger partial charge in [-0.25, -0.2) is 0 Å². The zero-order valence-corrected chi connectivity index (χ0v) is 13.0. The van der Waals surface area contributed by atoms with E-state index in [0.29, 0.717) is 12.0 Å². The molecule has 1 aliphatic carbocycles. The molecule has 0 amide bonds. The largest absolute Gasteiger partial charge is 0.314 e. The fourth-order valence-corrected chi connectivity index (χ4v) is 2.53. The molecule has 0 aromatic heterocycles. The molecule has 2 unspecified atom stereocenters. The summed E-state index contributed by atoms with van der Waals surface area (Å²) in [6, 6.07) is 9.50. The van der Waals surface area contributed by atoms with E-state index >= 15 is 0 Å². The summed E-state index contributed by atoms with van der Waals surface area (Å²) in [5.41, 5.74) is 1.28. The summed E-state index contributed by atoms with van der Waals surface area (Å²) < 4.78 is 0. The van der Waals surface area contributed by atoms with E-state index in [2.05, 4.69) is 43.2 Å². The van der Waals surface area contributed by atoms with Crippen LogP contribution in [-0.4, -0.2) is 30.6 Å². The molecule has 1 aliphatic rings. The van der Waals surface area contributed by atoms with Gasteiger partial charge in [-0.05, 0) is 57.0 Å². The highest BCUT2D eigenvalue weighted by molar-refractivity contribution is 6.30. The standard InChI is InChI=1S/C16H25ClN2/c1-12(10-18-16-7-8-16)13(2)19(3)11-14-5-4-6-15(17)9-14/h4-6,9,12-13,16,18H,7-8,10-11H2,1-3H3. The van der Waals surface area contributed by atoms with Gasteiger partial charge in [0.1, 0.15) is 0 Å². The van der Waals surface area contributed by atoms with Crippen LogP contribution in [0.15, 0.2) is 24.3 Å². The van der Waals surface area contributed by atoms with Crippen LogP contribution < -0.4 is 5.32 Å². The van der Waals surface area contributed by atoms with Gasteiger partial charge < -0.3 is 5.32 Å². The van der Waals surface area contributed by atoms with Gasteiger partial charge in [-0.2, -0.15) is 0 Å². The molecule has 0 bridgehead atoms. The molecule has 2 nitrogen and oxygen atoms in total. The summed E-state index contributed by atoms with van der Waals surface area (Å²) >= 11 is 6.03. The molecule has 0 spiro atoms. The number of nitrogens with zero attached hydrogens (tertiary/aromatic N) is 1. The minimum Gasteiger partial charge on any atom is -0.314 e. The van der Waals surface area contributed by atoms with E-state index in [1.165, 1.54) is 18.4 Å². The molecular formula is C16H25ClN2. The molecule has 1 saturated carbocycles. The second-order valence-electron chi connectivity index (χ2n) is 5.95. The van der Waals surface area contributed by atoms with Gasteiger partial charge in [0.15, 0.2) is 0 Å². The van der Waals surface area contributed by atoms with Crippen molar-refractivity contribution in [1.29, 1.82) is 0 Å². The SMILES string of the molecule is CC(CNC1CC1)C(C)N(C)Cc1cccc(Cl)c1. The van der Waals surface area contributed by atoms with E-state index in [1.807, 2.05) is 12.1 Å². The first kappa shape index (κ1) is 14.8. The van der Waals surface area contributed by atoms with Gasteiger partial charge >= 0.3 is 0 Å². The van der Waals surface area contributed by atoms with Crippen molar-refractivity contribution in [2.75, 3.05) is 13.6 Å². The average molecular weight is 281 g/mol. The first-order valence-electron chi connectivity index (χ1n) is 7.24. The fourth-order valence-electron chi connectivity index (χ4n) is 2.31. The molecule has 1 aromatic rings. The Bertz CT molecular complexity index is 403. The van der Waals surface area contributed by atoms with Crippen molar-refractivity contribution in [1.82, 2.24) is 10.2 Å². The van der Waals surface area contributed by atoms with Crippen molar-refractivity contribution in [3.05, 3.63) is 34.9 Å². The highest BCUT2D eigenvalue weighted by atomic mass is 35.5. The average Bonchev–Trinajstić information content (AvgIpc) is 3.19. The third kappa shape index (κ3) is 4.79. The highest BCUT2D eigenvalue weighted by Gasteiger charge is 2.23. The molecule has 19 heavy (non-hydrogen) atoms. The Hall–Kier alpha value is -0.570. The Morgan fingerprint density at radius 2 is 2.11 bits per heavy atom. The van der Waals surface area contributed by atoms with E-state index in [-0.39, 0.29) is 0 Å². The third-order valence-electron chi connectivity index (χ3n) is 4.15. The summed E-state index contributed by atoms with van der Waals surface area (Å²) in [4.78, 5) is 2.41. The number of halogens is 1. The van der Waals surface area contributed by atoms with E-state index in [0.717, 1.165) is 24.2 Å². The van der Waals surface area contributed by atoms with Crippen molar-refractivity contribution in [2.24, 2.45) is 5.92 Å². The quantitative estimate of drug-likeness (QED) is 0.822. The summed E-state index contributed by atoms with van der Waals surface area (Å²) in [5, 5.41) is 4.44. The molecule has 3 heteroatoms. The predicted octanol–water partition coefficient (Wildman–Crippen LogP) is 3.55. The highest BCUT2D eigenvalue weighted by Crippen LogP contribution is 2.20. The fraction of sp³-hybridized carbons (Fsp3) is 0.625. The molecule has 2 rings (SSSR count). The topological polar surface area (TPSA) is 15.3 Å². The van der Waals surface area contributed by atoms with E-state index < -0.39 is 0 Å². The van der Waals surface area contributed by atoms with Crippen LogP contribution in [0.25, 0.3) is 0 Å². The molecule has 106 valence electrons. The maximum atomic E-state index is 6.03. The van der Waals surface area contributed by atoms with Crippen molar-refractivity contribution < 1.29 is 0 Å². The molecule has 0 heterocycles. The van der Waals surface area contributed by atoms with Gasteiger partial charge in [0.25, 0.3) is 0 Å². The Balaban J connectivity index is 1.81. The molecule has 1 fully saturated rings. The van der Waals surface area contributed by atoms with Crippen LogP contribution in [0.5, 0.6) is 0 Å². The van der Waals surface area contributed by atoms with Crippen LogP contribution in [0.2, 0.25) is 5.02 Å². The molecule has 1 N–H and O–H groups in total. The number of rotatable bonds is 7. The lowest BCUT2D eigenvalue weighted by Gasteiger charge is -2.30. The van der Waals surface area contributed by atoms with Gasteiger partial charge in [-0.1, -0.05) is 30.7 Å². The van der Waals surface area contributed by atoms with E-state index in [4.69, 9.17) is 11.6 Å². The van der Waals surface area contributed by atoms with Gasteiger partial charge in [-0.3, -0.25) is 4.90 Å². The maximum Gasteiger partial charge on any atom is 0.0409 e. The minimum atomic E-state index is 0.560. The van der Waals surface area contributed by atoms with E-state index in [9.17, 15) is 0 Å². The van der Waals surface area contributed by atoms with Crippen molar-refractivity contribution >= 4 is 11.6 Å². The summed E-state index contributed by atoms with van der Waals surface area (Å²) in [6.07, 6.45) is 2.72. The normalized spacial score (nSPS) is 18.6. The number of hydrogen-bond donors (Lipinski definition) is 1. The Morgan fingerprint density at radius 3 is 2.74 bits per heavy atom.